The van der Waals surface area contributed by atoms with Crippen molar-refractivity contribution in [2.45, 2.75) is 72.7 Å². The molecule has 0 spiro atoms. The van der Waals surface area contributed by atoms with Crippen molar-refractivity contribution in [3.05, 3.63) is 94.8 Å². The first-order valence-corrected chi connectivity index (χ1v) is 21.5. The lowest BCUT2D eigenvalue weighted by atomic mass is 9.77. The third kappa shape index (κ3) is 8.44. The number of fused-ring (bicyclic) bond motifs is 3. The standard InChI is InChI=1S/C40H50ClF3N5O5S2/c1-27(37(50)54-6)47(14-7-18-49-19-15-46(16-20-49)17-21-49)56(51,52)31-23-33(43)32(34(44)24-31)26-55-38-45-25-35(48(38)30-10-8-29(42)9-11-30)39(2,3)28-12-13-40(4,41)36(22-28)53-5/h8-12,22-25,27H,7,13-21,26H2,1-6H3/q+1/t27-,40?/m1/s1. The fourth-order valence-electron chi connectivity index (χ4n) is 7.90. The number of quaternary nitrogens is 1. The predicted octanol–water partition coefficient (Wildman–Crippen LogP) is 6.81. The van der Waals surface area contributed by atoms with Crippen LogP contribution in [0.3, 0.4) is 0 Å². The molecule has 2 atom stereocenters. The highest BCUT2D eigenvalue weighted by Gasteiger charge is 2.40. The van der Waals surface area contributed by atoms with Crippen LogP contribution in [0.25, 0.3) is 5.69 Å². The van der Waals surface area contributed by atoms with Gasteiger partial charge in [-0.3, -0.25) is 14.3 Å². The average Bonchev–Trinajstić information content (AvgIpc) is 3.61. The normalized spacial score (nSPS) is 23.2. The molecule has 304 valence electrons. The summed E-state index contributed by atoms with van der Waals surface area (Å²) in [5.41, 5.74) is 1.19. The number of piperazine rings is 3. The number of alkyl halides is 1. The zero-order valence-corrected chi connectivity index (χ0v) is 35.0. The molecule has 4 heterocycles. The van der Waals surface area contributed by atoms with Gasteiger partial charge in [-0.05, 0) is 68.3 Å². The molecule has 1 aliphatic carbocycles. The average molecular weight is 837 g/mol. The van der Waals surface area contributed by atoms with Crippen LogP contribution >= 0.6 is 23.4 Å². The zero-order valence-electron chi connectivity index (χ0n) is 32.7. The number of hydrogen-bond acceptors (Lipinski definition) is 8. The van der Waals surface area contributed by atoms with Gasteiger partial charge >= 0.3 is 5.97 Å². The van der Waals surface area contributed by atoms with Crippen LogP contribution in [0.1, 0.15) is 51.8 Å². The molecule has 4 aliphatic rings. The third-order valence-electron chi connectivity index (χ3n) is 11.6. The number of halogens is 4. The lowest BCUT2D eigenvalue weighted by Crippen LogP contribution is -2.67. The number of allylic oxidation sites excluding steroid dienone is 4. The topological polar surface area (TPSA) is 94.0 Å². The maximum atomic E-state index is 15.9. The molecule has 0 radical (unpaired) electrons. The van der Waals surface area contributed by atoms with Crippen molar-refractivity contribution < 1.29 is 40.3 Å². The van der Waals surface area contributed by atoms with E-state index in [1.807, 2.05) is 37.5 Å². The van der Waals surface area contributed by atoms with Crippen molar-refractivity contribution in [1.82, 2.24) is 18.8 Å². The number of rotatable bonds is 15. The van der Waals surface area contributed by atoms with E-state index >= 15 is 8.78 Å². The number of methoxy groups -OCH3 is 2. The summed E-state index contributed by atoms with van der Waals surface area (Å²) in [6.07, 6.45) is 6.59. The van der Waals surface area contributed by atoms with E-state index in [0.717, 1.165) is 89.8 Å². The highest BCUT2D eigenvalue weighted by atomic mass is 35.5. The van der Waals surface area contributed by atoms with Gasteiger partial charge in [-0.25, -0.2) is 26.6 Å². The minimum atomic E-state index is -4.53. The predicted molar refractivity (Wildman–Crippen MR) is 211 cm³/mol. The fourth-order valence-corrected chi connectivity index (χ4v) is 10.8. The molecule has 2 bridgehead atoms. The number of esters is 1. The minimum absolute atomic E-state index is 0.0153. The molecular weight excluding hydrogens is 787 g/mol. The monoisotopic (exact) mass is 836 g/mol. The Balaban J connectivity index is 1.27. The van der Waals surface area contributed by atoms with E-state index in [9.17, 15) is 17.6 Å². The Morgan fingerprint density at radius 1 is 1.09 bits per heavy atom. The number of benzene rings is 2. The maximum Gasteiger partial charge on any atom is 0.323 e. The van der Waals surface area contributed by atoms with Gasteiger partial charge in [0.2, 0.25) is 10.0 Å². The molecular formula is C40H50ClF3N5O5S2+. The van der Waals surface area contributed by atoms with Gasteiger partial charge in [0.15, 0.2) is 5.16 Å². The van der Waals surface area contributed by atoms with E-state index in [-0.39, 0.29) is 17.9 Å². The van der Waals surface area contributed by atoms with E-state index in [2.05, 4.69) is 9.88 Å². The van der Waals surface area contributed by atoms with Gasteiger partial charge in [-0.1, -0.05) is 31.7 Å². The molecule has 2 aromatic carbocycles. The van der Waals surface area contributed by atoms with Gasteiger partial charge < -0.3 is 14.0 Å². The van der Waals surface area contributed by atoms with E-state index < -0.39 is 54.7 Å². The van der Waals surface area contributed by atoms with Crippen LogP contribution in [0.15, 0.2) is 76.1 Å². The Morgan fingerprint density at radius 3 is 2.30 bits per heavy atom. The van der Waals surface area contributed by atoms with Crippen LogP contribution < -0.4 is 0 Å². The summed E-state index contributed by atoms with van der Waals surface area (Å²) in [7, 11) is -1.79. The molecule has 0 amide bonds. The number of hydrogen-bond donors (Lipinski definition) is 0. The lowest BCUT2D eigenvalue weighted by molar-refractivity contribution is -0.941. The molecule has 7 rings (SSSR count). The van der Waals surface area contributed by atoms with Gasteiger partial charge in [0.25, 0.3) is 0 Å². The fraction of sp³-hybridized carbons (Fsp3) is 0.500. The van der Waals surface area contributed by atoms with E-state index in [0.29, 0.717) is 29.4 Å². The summed E-state index contributed by atoms with van der Waals surface area (Å²) in [4.78, 5) is 18.4. The van der Waals surface area contributed by atoms with Crippen LogP contribution in [0.5, 0.6) is 0 Å². The zero-order chi connectivity index (χ0) is 40.6. The second kappa shape index (κ2) is 16.5. The van der Waals surface area contributed by atoms with Crippen molar-refractivity contribution in [2.75, 3.05) is 66.6 Å². The SMILES string of the molecule is COC(=O)[C@@H](C)N(CCC[N+]12CCN(CC1)CC2)S(=O)(=O)c1cc(F)c(CSc2ncc(C(C)(C)C3=CCC(C)(Cl)C(OC)=C3)n2-c2ccc(F)cc2)c(F)c1. The van der Waals surface area contributed by atoms with Crippen LogP contribution in [-0.4, -0.2) is 115 Å². The van der Waals surface area contributed by atoms with Gasteiger partial charge in [-0.2, -0.15) is 4.31 Å². The quantitative estimate of drug-likeness (QED) is 0.0715. The first-order chi connectivity index (χ1) is 26.4. The highest BCUT2D eigenvalue weighted by Crippen LogP contribution is 2.43. The van der Waals surface area contributed by atoms with Gasteiger partial charge in [0.1, 0.15) is 34.1 Å². The summed E-state index contributed by atoms with van der Waals surface area (Å²) in [5, 5.41) is 0.379. The maximum absolute atomic E-state index is 15.9. The molecule has 10 nitrogen and oxygen atoms in total. The van der Waals surface area contributed by atoms with Crippen LogP contribution in [0, 0.1) is 17.5 Å². The van der Waals surface area contributed by atoms with Crippen LogP contribution in [-0.2, 0) is 35.5 Å². The van der Waals surface area contributed by atoms with Gasteiger partial charge in [-0.15, -0.1) is 11.6 Å². The first kappa shape index (κ1) is 42.3. The smallest absolute Gasteiger partial charge is 0.323 e. The van der Waals surface area contributed by atoms with Crippen LogP contribution in [0.2, 0.25) is 0 Å². The number of thioether (sulfide) groups is 1. The number of carbonyl (C=O) groups is 1. The molecule has 3 aliphatic heterocycles. The molecule has 0 saturated carbocycles. The van der Waals surface area contributed by atoms with Crippen molar-refractivity contribution in [2.24, 2.45) is 0 Å². The molecule has 1 unspecified atom stereocenters. The summed E-state index contributed by atoms with van der Waals surface area (Å²) >= 11 is 7.75. The Kier molecular flexibility index (Phi) is 12.4. The summed E-state index contributed by atoms with van der Waals surface area (Å²) < 4.78 is 88.2. The largest absolute Gasteiger partial charge is 0.499 e. The summed E-state index contributed by atoms with van der Waals surface area (Å²) in [5.74, 6) is -2.94. The van der Waals surface area contributed by atoms with Crippen molar-refractivity contribution >= 4 is 39.4 Å². The second-order valence-corrected chi connectivity index (χ2v) is 19.2. The number of sulfonamides is 1. The van der Waals surface area contributed by atoms with Crippen molar-refractivity contribution in [3.8, 4) is 5.69 Å². The Labute approximate surface area is 336 Å². The highest BCUT2D eigenvalue weighted by molar-refractivity contribution is 7.98. The number of nitrogens with zero attached hydrogens (tertiary/aromatic N) is 5. The molecule has 16 heteroatoms. The van der Waals surface area contributed by atoms with Gasteiger partial charge in [0, 0.05) is 55.0 Å². The molecule has 3 aromatic rings. The van der Waals surface area contributed by atoms with E-state index in [1.165, 1.54) is 26.2 Å². The molecule has 56 heavy (non-hydrogen) atoms. The van der Waals surface area contributed by atoms with Gasteiger partial charge in [0.05, 0.1) is 57.2 Å². The molecule has 3 saturated heterocycles. The Hall–Kier alpha value is -3.34. The number of imidazole rings is 1. The minimum Gasteiger partial charge on any atom is -0.499 e. The summed E-state index contributed by atoms with van der Waals surface area (Å²) in [6, 6.07) is 6.23. The number of ether oxygens (including phenoxy) is 2. The molecule has 0 N–H and O–H groups in total. The Bertz CT molecular complexity index is 2080. The Morgan fingerprint density at radius 2 is 1.71 bits per heavy atom. The van der Waals surface area contributed by atoms with E-state index in [4.69, 9.17) is 21.1 Å². The molecule has 3 fully saturated rings. The van der Waals surface area contributed by atoms with Crippen molar-refractivity contribution in [1.29, 1.82) is 0 Å². The summed E-state index contributed by atoms with van der Waals surface area (Å²) in [6.45, 7) is 14.0. The van der Waals surface area contributed by atoms with Crippen LogP contribution in [0.4, 0.5) is 13.2 Å². The van der Waals surface area contributed by atoms with E-state index in [1.54, 1.807) is 25.4 Å². The second-order valence-electron chi connectivity index (χ2n) is 15.5. The molecule has 1 aromatic heterocycles. The number of aromatic nitrogens is 2. The van der Waals surface area contributed by atoms with Crippen molar-refractivity contribution in [3.63, 3.8) is 0 Å². The first-order valence-electron chi connectivity index (χ1n) is 18.7. The lowest BCUT2D eigenvalue weighted by Gasteiger charge is -2.50. The third-order valence-corrected chi connectivity index (χ3v) is 14.9. The number of carbonyl (C=O) groups excluding carboxylic acids is 1.